The Morgan fingerprint density at radius 3 is 2.31 bits per heavy atom. The van der Waals surface area contributed by atoms with Gasteiger partial charge in [-0.2, -0.15) is 0 Å². The van der Waals surface area contributed by atoms with Crippen LogP contribution in [0.4, 0.5) is 0 Å². The van der Waals surface area contributed by atoms with Crippen LogP contribution in [0.5, 0.6) is 17.2 Å². The van der Waals surface area contributed by atoms with Crippen LogP contribution in [0.2, 0.25) is 0 Å². The van der Waals surface area contributed by atoms with Gasteiger partial charge in [-0.15, -0.1) is 0 Å². The summed E-state index contributed by atoms with van der Waals surface area (Å²) in [5, 5.41) is 0. The average molecular weight is 476 g/mol. The van der Waals surface area contributed by atoms with Gasteiger partial charge in [0.25, 0.3) is 5.56 Å². The van der Waals surface area contributed by atoms with Gasteiger partial charge in [0.05, 0.1) is 33.4 Å². The highest BCUT2D eigenvalue weighted by Gasteiger charge is 2.17. The molecule has 0 saturated heterocycles. The number of methoxy groups -OCH3 is 3. The summed E-state index contributed by atoms with van der Waals surface area (Å²) in [7, 11) is 4.63. The molecule has 2 aromatic carbocycles. The monoisotopic (exact) mass is 475 g/mol. The molecule has 9 heteroatoms. The van der Waals surface area contributed by atoms with Crippen molar-refractivity contribution in [3.8, 4) is 17.2 Å². The number of ether oxygens (including phenoxy) is 3. The molecule has 0 saturated carbocycles. The Labute approximate surface area is 201 Å². The Kier molecular flexibility index (Phi) is 6.96. The molecule has 0 atom stereocenters. The molecule has 0 bridgehead atoms. The predicted octanol–water partition coefficient (Wildman–Crippen LogP) is 2.71. The first kappa shape index (κ1) is 23.7. The second kappa shape index (κ2) is 10.3. The summed E-state index contributed by atoms with van der Waals surface area (Å²) in [6.07, 6.45) is 1.88. The van der Waals surface area contributed by atoms with Crippen LogP contribution in [0, 0.1) is 0 Å². The lowest BCUT2D eigenvalue weighted by Gasteiger charge is -2.14. The van der Waals surface area contributed by atoms with Gasteiger partial charge in [-0.05, 0) is 60.5 Å². The highest BCUT2D eigenvalue weighted by Crippen LogP contribution is 2.27. The van der Waals surface area contributed by atoms with E-state index in [0.29, 0.717) is 34.7 Å². The van der Waals surface area contributed by atoms with Crippen LogP contribution < -0.4 is 25.5 Å². The van der Waals surface area contributed by atoms with Crippen molar-refractivity contribution < 1.29 is 19.0 Å². The lowest BCUT2D eigenvalue weighted by Crippen LogP contribution is -2.41. The Balaban J connectivity index is 1.70. The fourth-order valence-electron chi connectivity index (χ4n) is 3.88. The average Bonchev–Trinajstić information content (AvgIpc) is 2.90. The Morgan fingerprint density at radius 1 is 0.886 bits per heavy atom. The molecule has 0 radical (unpaired) electrons. The Hall–Kier alpha value is -4.40. The normalized spacial score (nSPS) is 10.8. The van der Waals surface area contributed by atoms with E-state index in [1.54, 1.807) is 69.9 Å². The van der Waals surface area contributed by atoms with Gasteiger partial charge in [0, 0.05) is 18.3 Å². The third kappa shape index (κ3) is 4.79. The zero-order chi connectivity index (χ0) is 24.9. The van der Waals surface area contributed by atoms with Crippen molar-refractivity contribution in [2.24, 2.45) is 0 Å². The van der Waals surface area contributed by atoms with Gasteiger partial charge in [0.2, 0.25) is 0 Å². The van der Waals surface area contributed by atoms with Gasteiger partial charge in [0.1, 0.15) is 5.75 Å². The van der Waals surface area contributed by atoms with E-state index in [0.717, 1.165) is 10.1 Å². The molecule has 2 heterocycles. The topological polar surface area (TPSA) is 102 Å². The minimum Gasteiger partial charge on any atom is -0.497 e. The van der Waals surface area contributed by atoms with E-state index < -0.39 is 11.2 Å². The Morgan fingerprint density at radius 2 is 1.63 bits per heavy atom. The number of pyridine rings is 1. The zero-order valence-electron chi connectivity index (χ0n) is 19.7. The number of fused-ring (bicyclic) bond motifs is 1. The minimum absolute atomic E-state index is 0.108. The zero-order valence-corrected chi connectivity index (χ0v) is 19.7. The molecule has 0 spiro atoms. The summed E-state index contributed by atoms with van der Waals surface area (Å²) in [6.45, 7) is -0.125. The molecule has 180 valence electrons. The Bertz CT molecular complexity index is 1490. The van der Waals surface area contributed by atoms with Crippen molar-refractivity contribution in [3.63, 3.8) is 0 Å². The number of benzene rings is 2. The summed E-state index contributed by atoms with van der Waals surface area (Å²) in [4.78, 5) is 43.7. The molecule has 9 nitrogen and oxygen atoms in total. The maximum Gasteiger partial charge on any atom is 0.332 e. The molecule has 2 aromatic heterocycles. The molecule has 0 aliphatic carbocycles. The van der Waals surface area contributed by atoms with Gasteiger partial charge in [-0.3, -0.25) is 18.7 Å². The fourth-order valence-corrected chi connectivity index (χ4v) is 3.88. The standard InChI is InChI=1S/C26H25N3O6/c1-33-19-9-7-18(8-10-19)21(30)16-29-20-5-4-13-27-24(20)25(31)28(26(29)32)14-12-17-6-11-22(34-2)23(15-17)35-3/h4-11,13,15H,12,14,16H2,1-3H3. The van der Waals surface area contributed by atoms with E-state index >= 15 is 0 Å². The van der Waals surface area contributed by atoms with Crippen molar-refractivity contribution in [3.05, 3.63) is 92.8 Å². The van der Waals surface area contributed by atoms with Crippen LogP contribution in [-0.4, -0.2) is 41.2 Å². The highest BCUT2D eigenvalue weighted by molar-refractivity contribution is 5.96. The number of aromatic nitrogens is 3. The molecule has 4 rings (SSSR count). The van der Waals surface area contributed by atoms with Gasteiger partial charge >= 0.3 is 5.69 Å². The number of carbonyl (C=O) groups excluding carboxylic acids is 1. The van der Waals surface area contributed by atoms with E-state index in [1.807, 2.05) is 6.07 Å². The van der Waals surface area contributed by atoms with Crippen LogP contribution in [0.1, 0.15) is 15.9 Å². The van der Waals surface area contributed by atoms with E-state index in [1.165, 1.54) is 10.8 Å². The van der Waals surface area contributed by atoms with Crippen molar-refractivity contribution in [2.45, 2.75) is 19.5 Å². The summed E-state index contributed by atoms with van der Waals surface area (Å²) < 4.78 is 18.2. The number of Topliss-reactive ketones (excluding diaryl/α,β-unsaturated/α-hetero) is 1. The second-order valence-corrected chi connectivity index (χ2v) is 7.79. The number of rotatable bonds is 9. The molecule has 0 unspecified atom stereocenters. The molecule has 0 amide bonds. The maximum atomic E-state index is 13.4. The van der Waals surface area contributed by atoms with Crippen molar-refractivity contribution in [1.29, 1.82) is 0 Å². The molecular formula is C26H25N3O6. The van der Waals surface area contributed by atoms with E-state index in [-0.39, 0.29) is 24.4 Å². The van der Waals surface area contributed by atoms with Gasteiger partial charge in [-0.25, -0.2) is 9.78 Å². The smallest absolute Gasteiger partial charge is 0.332 e. The van der Waals surface area contributed by atoms with Crippen molar-refractivity contribution >= 4 is 16.8 Å². The third-order valence-corrected chi connectivity index (χ3v) is 5.77. The van der Waals surface area contributed by atoms with E-state index in [9.17, 15) is 14.4 Å². The van der Waals surface area contributed by atoms with Crippen LogP contribution in [0.15, 0.2) is 70.4 Å². The molecule has 0 N–H and O–H groups in total. The third-order valence-electron chi connectivity index (χ3n) is 5.77. The number of hydrogen-bond donors (Lipinski definition) is 0. The molecule has 4 aromatic rings. The summed E-state index contributed by atoms with van der Waals surface area (Å²) in [6, 6.07) is 15.3. The van der Waals surface area contributed by atoms with Crippen LogP contribution >= 0.6 is 0 Å². The van der Waals surface area contributed by atoms with Crippen molar-refractivity contribution in [2.75, 3.05) is 21.3 Å². The number of ketones is 1. The molecular weight excluding hydrogens is 450 g/mol. The number of hydrogen-bond acceptors (Lipinski definition) is 7. The van der Waals surface area contributed by atoms with Gasteiger partial charge in [-0.1, -0.05) is 6.07 Å². The number of nitrogens with zero attached hydrogens (tertiary/aromatic N) is 3. The van der Waals surface area contributed by atoms with Gasteiger partial charge in [0.15, 0.2) is 22.8 Å². The molecule has 0 fully saturated rings. The number of carbonyl (C=O) groups is 1. The highest BCUT2D eigenvalue weighted by atomic mass is 16.5. The van der Waals surface area contributed by atoms with E-state index in [4.69, 9.17) is 14.2 Å². The lowest BCUT2D eigenvalue weighted by atomic mass is 10.1. The molecule has 35 heavy (non-hydrogen) atoms. The largest absolute Gasteiger partial charge is 0.497 e. The summed E-state index contributed by atoms with van der Waals surface area (Å²) in [5.74, 6) is 1.49. The first-order valence-corrected chi connectivity index (χ1v) is 10.9. The number of aryl methyl sites for hydroxylation is 1. The predicted molar refractivity (Wildman–Crippen MR) is 131 cm³/mol. The molecule has 0 aliphatic rings. The quantitative estimate of drug-likeness (QED) is 0.343. The van der Waals surface area contributed by atoms with Crippen LogP contribution in [-0.2, 0) is 19.5 Å². The summed E-state index contributed by atoms with van der Waals surface area (Å²) >= 11 is 0. The molecule has 0 aliphatic heterocycles. The van der Waals surface area contributed by atoms with Gasteiger partial charge < -0.3 is 14.2 Å². The maximum absolute atomic E-state index is 13.4. The van der Waals surface area contributed by atoms with Crippen molar-refractivity contribution in [1.82, 2.24) is 14.1 Å². The second-order valence-electron chi connectivity index (χ2n) is 7.79. The first-order valence-electron chi connectivity index (χ1n) is 10.9. The SMILES string of the molecule is COc1ccc(C(=O)Cn2c(=O)n(CCc3ccc(OC)c(OC)c3)c(=O)c3ncccc32)cc1. The van der Waals surface area contributed by atoms with Crippen LogP contribution in [0.3, 0.4) is 0 Å². The van der Waals surface area contributed by atoms with E-state index in [2.05, 4.69) is 4.98 Å². The minimum atomic E-state index is -0.571. The lowest BCUT2D eigenvalue weighted by molar-refractivity contribution is 0.0971. The van der Waals surface area contributed by atoms with Crippen LogP contribution in [0.25, 0.3) is 11.0 Å². The fraction of sp³-hybridized carbons (Fsp3) is 0.231. The first-order chi connectivity index (χ1) is 17.0. The summed E-state index contributed by atoms with van der Waals surface area (Å²) in [5.41, 5.74) is 0.652.